The van der Waals surface area contributed by atoms with Gasteiger partial charge in [0, 0.05) is 94.8 Å². The lowest BCUT2D eigenvalue weighted by molar-refractivity contribution is 0.668. The summed E-state index contributed by atoms with van der Waals surface area (Å²) in [5, 5.41) is 29.1. The van der Waals surface area contributed by atoms with Gasteiger partial charge in [0.05, 0.1) is 22.2 Å². The van der Waals surface area contributed by atoms with Crippen molar-refractivity contribution in [1.29, 1.82) is 0 Å². The largest absolute Gasteiger partial charge is 0.456 e. The quantitative estimate of drug-likeness (QED) is 0.0816. The third kappa shape index (κ3) is 14.3. The highest BCUT2D eigenvalue weighted by Gasteiger charge is 2.46. The van der Waals surface area contributed by atoms with E-state index < -0.39 is 0 Å². The summed E-state index contributed by atoms with van der Waals surface area (Å²) in [4.78, 5) is 0. The minimum absolute atomic E-state index is 0.358. The number of nitrogens with one attached hydrogen (secondary N) is 5. The number of fused-ring (bicyclic) bond motifs is 16. The van der Waals surface area contributed by atoms with Gasteiger partial charge in [-0.3, -0.25) is 0 Å². The van der Waals surface area contributed by atoms with Crippen LogP contribution in [0.2, 0.25) is 0 Å². The van der Waals surface area contributed by atoms with Gasteiger partial charge in [-0.1, -0.05) is 291 Å². The van der Waals surface area contributed by atoms with E-state index in [4.69, 9.17) is 17.7 Å². The molecular formula is C107H77N5O4. The predicted octanol–water partition coefficient (Wildman–Crippen LogP) is 30.3. The zero-order valence-electron chi connectivity index (χ0n) is 63.2. The molecule has 0 saturated heterocycles. The van der Waals surface area contributed by atoms with Gasteiger partial charge < -0.3 is 44.3 Å². The first-order valence-corrected chi connectivity index (χ1v) is 39.0. The van der Waals surface area contributed by atoms with Crippen LogP contribution < -0.4 is 26.6 Å². The Hall–Kier alpha value is -15.6. The first kappa shape index (κ1) is 70.8. The molecule has 554 valence electrons. The molecule has 0 bridgehead atoms. The van der Waals surface area contributed by atoms with Crippen LogP contribution >= 0.6 is 0 Å². The van der Waals surface area contributed by atoms with Crippen molar-refractivity contribution in [3.8, 4) is 11.1 Å². The lowest BCUT2D eigenvalue weighted by atomic mass is 9.68. The molecule has 0 amide bonds. The van der Waals surface area contributed by atoms with Gasteiger partial charge in [0.25, 0.3) is 0 Å². The van der Waals surface area contributed by atoms with E-state index in [9.17, 15) is 0 Å². The number of hydrogen-bond acceptors (Lipinski definition) is 9. The molecule has 0 aliphatic heterocycles. The van der Waals surface area contributed by atoms with Gasteiger partial charge in [-0.2, -0.15) is 0 Å². The van der Waals surface area contributed by atoms with E-state index >= 15 is 0 Å². The standard InChI is InChI=1S/C31H23N.C22H15NO.3C18H13NO/c1-4-13-23(14-5-1)31(24-15-6-2-7-16-24)27-20-11-10-19-26(27)30-28(31)21-12-22-29(30)32-25-17-8-3-9-18-25;1-2-7-16-14-17(13-12-15(16)6-1)23-20-10-5-9-19-18-8-3-4-11-21(18)24-22(19)20;1-2-7-13(8-3-1)19-15-10-6-12-17-18(15)14-9-4-5-11-16(14)20-17;1-2-6-13(7-3-1)19-14-10-11-18-16(12-14)15-8-4-5-9-17(15)20-18;1-2-6-13(7-3-1)19-14-10-11-16-15-8-4-5-9-17(15)20-18(16)12-14/h1-22,32H;1-14,23H;3*1-12,19H. The van der Waals surface area contributed by atoms with Crippen molar-refractivity contribution in [2.75, 3.05) is 26.6 Å². The molecule has 5 N–H and O–H groups in total. The van der Waals surface area contributed by atoms with Gasteiger partial charge in [-0.05, 0) is 178 Å². The van der Waals surface area contributed by atoms with E-state index in [2.05, 4.69) is 287 Å². The molecule has 18 aromatic carbocycles. The SMILES string of the molecule is c1ccc(Nc2ccc3c(c2)oc2ccccc23)cc1.c1ccc(Nc2ccc3oc4ccccc4c3c2)cc1.c1ccc(Nc2cccc3c2-c2ccccc2C3(c2ccccc2)c2ccccc2)cc1.c1ccc(Nc2cccc3oc4ccccc4c23)cc1.c1ccc2cc(Nc3cccc4c3oc3ccccc34)ccc2c1. The minimum Gasteiger partial charge on any atom is -0.456 e. The van der Waals surface area contributed by atoms with E-state index in [0.29, 0.717) is 0 Å². The molecule has 23 rings (SSSR count). The summed E-state index contributed by atoms with van der Waals surface area (Å²) in [5.74, 6) is 0. The average Bonchev–Trinajstić information content (AvgIpc) is 1.59. The van der Waals surface area contributed by atoms with Crippen LogP contribution in [-0.2, 0) is 5.41 Å². The van der Waals surface area contributed by atoms with Crippen LogP contribution in [0.25, 0.3) is 110 Å². The zero-order valence-corrected chi connectivity index (χ0v) is 63.2. The molecule has 0 spiro atoms. The minimum atomic E-state index is -0.358. The highest BCUT2D eigenvalue weighted by molar-refractivity contribution is 6.13. The highest BCUT2D eigenvalue weighted by atomic mass is 16.3. The number of benzene rings is 18. The predicted molar refractivity (Wildman–Crippen MR) is 485 cm³/mol. The van der Waals surface area contributed by atoms with Crippen molar-refractivity contribution in [2.24, 2.45) is 0 Å². The van der Waals surface area contributed by atoms with E-state index in [1.807, 2.05) is 176 Å². The van der Waals surface area contributed by atoms with Gasteiger partial charge in [-0.15, -0.1) is 0 Å². The molecule has 9 nitrogen and oxygen atoms in total. The summed E-state index contributed by atoms with van der Waals surface area (Å²) in [6.07, 6.45) is 0. The third-order valence-corrected chi connectivity index (χ3v) is 21.3. The summed E-state index contributed by atoms with van der Waals surface area (Å²) in [6, 6.07) is 150. The zero-order chi connectivity index (χ0) is 77.4. The van der Waals surface area contributed by atoms with Gasteiger partial charge in [0.1, 0.15) is 39.1 Å². The molecule has 22 aromatic rings. The first-order valence-electron chi connectivity index (χ1n) is 39.0. The van der Waals surface area contributed by atoms with Crippen molar-refractivity contribution in [3.05, 3.63) is 459 Å². The maximum Gasteiger partial charge on any atom is 0.158 e. The lowest BCUT2D eigenvalue weighted by Crippen LogP contribution is -2.28. The summed E-state index contributed by atoms with van der Waals surface area (Å²) >= 11 is 0. The maximum atomic E-state index is 6.08. The van der Waals surface area contributed by atoms with Gasteiger partial charge in [0.2, 0.25) is 0 Å². The van der Waals surface area contributed by atoms with E-state index in [0.717, 1.165) is 145 Å². The Morgan fingerprint density at radius 1 is 0.190 bits per heavy atom. The Labute approximate surface area is 671 Å². The number of hydrogen-bond donors (Lipinski definition) is 5. The Kier molecular flexibility index (Phi) is 19.5. The second-order valence-electron chi connectivity index (χ2n) is 28.6. The molecule has 9 heteroatoms. The van der Waals surface area contributed by atoms with Crippen molar-refractivity contribution < 1.29 is 17.7 Å². The molecule has 0 radical (unpaired) electrons. The normalized spacial score (nSPS) is 11.7. The van der Waals surface area contributed by atoms with Crippen molar-refractivity contribution in [2.45, 2.75) is 5.41 Å². The fourth-order valence-corrected chi connectivity index (χ4v) is 16.1. The average molecular weight is 1500 g/mol. The Morgan fingerprint density at radius 3 is 1.21 bits per heavy atom. The van der Waals surface area contributed by atoms with E-state index in [1.54, 1.807) is 0 Å². The number of rotatable bonds is 12. The summed E-state index contributed by atoms with van der Waals surface area (Å²) in [5.41, 5.74) is 25.4. The monoisotopic (exact) mass is 1500 g/mol. The molecule has 4 aromatic heterocycles. The molecule has 4 heterocycles. The Morgan fingerprint density at radius 2 is 0.569 bits per heavy atom. The number of furan rings is 4. The van der Waals surface area contributed by atoms with Crippen molar-refractivity contribution in [1.82, 2.24) is 0 Å². The van der Waals surface area contributed by atoms with Crippen molar-refractivity contribution >= 4 is 155 Å². The van der Waals surface area contributed by atoms with E-state index in [1.165, 1.54) is 44.2 Å². The maximum absolute atomic E-state index is 6.08. The Balaban J connectivity index is 0.0000000981. The Bertz CT molecular complexity index is 7140. The lowest BCUT2D eigenvalue weighted by Gasteiger charge is -2.33. The van der Waals surface area contributed by atoms with Crippen LogP contribution in [0.4, 0.5) is 56.9 Å². The molecule has 0 saturated carbocycles. The fraction of sp³-hybridized carbons (Fsp3) is 0.00935. The fourth-order valence-electron chi connectivity index (χ4n) is 16.1. The van der Waals surface area contributed by atoms with Crippen LogP contribution in [0, 0.1) is 0 Å². The van der Waals surface area contributed by atoms with Crippen molar-refractivity contribution in [3.63, 3.8) is 0 Å². The topological polar surface area (TPSA) is 113 Å². The molecule has 1 aliphatic rings. The summed E-state index contributed by atoms with van der Waals surface area (Å²) < 4.78 is 23.7. The molecule has 0 atom stereocenters. The van der Waals surface area contributed by atoms with Crippen LogP contribution in [0.3, 0.4) is 0 Å². The third-order valence-electron chi connectivity index (χ3n) is 21.3. The van der Waals surface area contributed by atoms with Crippen LogP contribution in [-0.4, -0.2) is 0 Å². The van der Waals surface area contributed by atoms with Gasteiger partial charge >= 0.3 is 0 Å². The summed E-state index contributed by atoms with van der Waals surface area (Å²) in [6.45, 7) is 0. The summed E-state index contributed by atoms with van der Waals surface area (Å²) in [7, 11) is 0. The first-order chi connectivity index (χ1) is 57.5. The van der Waals surface area contributed by atoms with Gasteiger partial charge in [-0.25, -0.2) is 0 Å². The van der Waals surface area contributed by atoms with Gasteiger partial charge in [0.15, 0.2) is 5.58 Å². The highest BCUT2D eigenvalue weighted by Crippen LogP contribution is 2.58. The second-order valence-corrected chi connectivity index (χ2v) is 28.6. The number of anilines is 10. The molecule has 0 unspecified atom stereocenters. The smallest absolute Gasteiger partial charge is 0.158 e. The molecule has 0 fully saturated rings. The molecular weight excluding hydrogens is 1420 g/mol. The number of para-hydroxylation sites is 9. The second kappa shape index (κ2) is 32.0. The molecule has 116 heavy (non-hydrogen) atoms. The van der Waals surface area contributed by atoms with Crippen LogP contribution in [0.15, 0.2) is 454 Å². The molecule has 1 aliphatic carbocycles. The van der Waals surface area contributed by atoms with Crippen LogP contribution in [0.5, 0.6) is 0 Å². The van der Waals surface area contributed by atoms with E-state index in [-0.39, 0.29) is 5.41 Å². The van der Waals surface area contributed by atoms with Crippen LogP contribution in [0.1, 0.15) is 22.3 Å².